The molecule has 0 bridgehead atoms. The van der Waals surface area contributed by atoms with Gasteiger partial charge in [0, 0.05) is 12.6 Å². The number of hydrogen-bond donors (Lipinski definition) is 0. The highest BCUT2D eigenvalue weighted by Gasteiger charge is 2.28. The average molecular weight is 233 g/mol. The van der Waals surface area contributed by atoms with Crippen LogP contribution in [-0.4, -0.2) is 23.6 Å². The minimum absolute atomic E-state index is 0.168. The summed E-state index contributed by atoms with van der Waals surface area (Å²) >= 11 is 0. The van der Waals surface area contributed by atoms with Crippen molar-refractivity contribution < 1.29 is 9.53 Å². The van der Waals surface area contributed by atoms with Crippen molar-refractivity contribution >= 4 is 6.09 Å². The largest absolute Gasteiger partial charge is 0.445 e. The average Bonchev–Trinajstić information content (AvgIpc) is 2.85. The number of carbonyl (C=O) groups excluding carboxylic acids is 1. The van der Waals surface area contributed by atoms with Crippen LogP contribution >= 0.6 is 0 Å². The molecule has 1 atom stereocenters. The zero-order valence-corrected chi connectivity index (χ0v) is 10.3. The Bertz CT molecular complexity index is 364. The second-order valence-corrected chi connectivity index (χ2v) is 4.44. The smallest absolute Gasteiger partial charge is 0.410 e. The third kappa shape index (κ3) is 2.99. The number of benzene rings is 1. The lowest BCUT2D eigenvalue weighted by atomic mass is 10.2. The van der Waals surface area contributed by atoms with Gasteiger partial charge in [-0.3, -0.25) is 0 Å². The second kappa shape index (κ2) is 5.71. The molecule has 0 radical (unpaired) electrons. The third-order valence-corrected chi connectivity index (χ3v) is 3.29. The molecule has 1 amide bonds. The third-order valence-electron chi connectivity index (χ3n) is 3.29. The Balaban J connectivity index is 1.85. The molecule has 0 saturated carbocycles. The highest BCUT2D eigenvalue weighted by atomic mass is 16.6. The Labute approximate surface area is 102 Å². The van der Waals surface area contributed by atoms with Crippen molar-refractivity contribution in [2.75, 3.05) is 6.54 Å². The summed E-state index contributed by atoms with van der Waals surface area (Å²) in [7, 11) is 0. The summed E-state index contributed by atoms with van der Waals surface area (Å²) in [6, 6.07) is 10.2. The number of carbonyl (C=O) groups is 1. The lowest BCUT2D eigenvalue weighted by molar-refractivity contribution is 0.0915. The zero-order chi connectivity index (χ0) is 12.1. The SMILES string of the molecule is CC[C@@H]1CCCN1C(=O)OCc1ccccc1. The highest BCUT2D eigenvalue weighted by Crippen LogP contribution is 2.20. The van der Waals surface area contributed by atoms with Crippen molar-refractivity contribution in [1.29, 1.82) is 0 Å². The summed E-state index contributed by atoms with van der Waals surface area (Å²) in [6.45, 7) is 3.33. The highest BCUT2D eigenvalue weighted by molar-refractivity contribution is 5.68. The predicted molar refractivity (Wildman–Crippen MR) is 66.6 cm³/mol. The second-order valence-electron chi connectivity index (χ2n) is 4.44. The fourth-order valence-electron chi connectivity index (χ4n) is 2.30. The lowest BCUT2D eigenvalue weighted by Crippen LogP contribution is -2.35. The van der Waals surface area contributed by atoms with E-state index in [0.29, 0.717) is 12.6 Å². The van der Waals surface area contributed by atoms with Gasteiger partial charge in [0.2, 0.25) is 0 Å². The Morgan fingerprint density at radius 3 is 2.88 bits per heavy atom. The number of amides is 1. The molecule has 1 fully saturated rings. The van der Waals surface area contributed by atoms with Gasteiger partial charge < -0.3 is 9.64 Å². The van der Waals surface area contributed by atoms with Crippen LogP contribution in [0, 0.1) is 0 Å². The van der Waals surface area contributed by atoms with Crippen molar-refractivity contribution in [3.8, 4) is 0 Å². The van der Waals surface area contributed by atoms with Gasteiger partial charge in [-0.15, -0.1) is 0 Å². The molecule has 0 aromatic heterocycles. The van der Waals surface area contributed by atoms with E-state index in [1.54, 1.807) is 0 Å². The van der Waals surface area contributed by atoms with Crippen LogP contribution in [0.15, 0.2) is 30.3 Å². The van der Waals surface area contributed by atoms with Gasteiger partial charge in [-0.25, -0.2) is 4.79 Å². The summed E-state index contributed by atoms with van der Waals surface area (Å²) < 4.78 is 5.33. The van der Waals surface area contributed by atoms with Crippen LogP contribution in [-0.2, 0) is 11.3 Å². The number of rotatable bonds is 3. The normalized spacial score (nSPS) is 19.4. The van der Waals surface area contributed by atoms with E-state index in [-0.39, 0.29) is 6.09 Å². The molecule has 3 nitrogen and oxygen atoms in total. The Kier molecular flexibility index (Phi) is 4.02. The first kappa shape index (κ1) is 12.0. The summed E-state index contributed by atoms with van der Waals surface area (Å²) in [4.78, 5) is 13.8. The summed E-state index contributed by atoms with van der Waals surface area (Å²) in [5.41, 5.74) is 1.04. The van der Waals surface area contributed by atoms with E-state index in [2.05, 4.69) is 6.92 Å². The van der Waals surface area contributed by atoms with Crippen LogP contribution in [0.3, 0.4) is 0 Å². The van der Waals surface area contributed by atoms with Gasteiger partial charge in [-0.05, 0) is 24.8 Å². The number of likely N-dealkylation sites (tertiary alicyclic amines) is 1. The van der Waals surface area contributed by atoms with Gasteiger partial charge in [-0.2, -0.15) is 0 Å². The summed E-state index contributed by atoms with van der Waals surface area (Å²) in [5.74, 6) is 0. The molecule has 0 aliphatic carbocycles. The van der Waals surface area contributed by atoms with Crippen LogP contribution in [0.25, 0.3) is 0 Å². The van der Waals surface area contributed by atoms with Crippen LogP contribution in [0.1, 0.15) is 31.7 Å². The number of hydrogen-bond acceptors (Lipinski definition) is 2. The first-order valence-corrected chi connectivity index (χ1v) is 6.28. The quantitative estimate of drug-likeness (QED) is 0.802. The van der Waals surface area contributed by atoms with Crippen molar-refractivity contribution in [3.05, 3.63) is 35.9 Å². The topological polar surface area (TPSA) is 29.5 Å². The molecule has 0 spiro atoms. The molecular weight excluding hydrogens is 214 g/mol. The maximum Gasteiger partial charge on any atom is 0.410 e. The van der Waals surface area contributed by atoms with Crippen molar-refractivity contribution in [2.24, 2.45) is 0 Å². The molecule has 3 heteroatoms. The van der Waals surface area contributed by atoms with Crippen LogP contribution in [0.2, 0.25) is 0 Å². The van der Waals surface area contributed by atoms with E-state index < -0.39 is 0 Å². The molecule has 1 heterocycles. The molecule has 1 aliphatic rings. The van der Waals surface area contributed by atoms with Gasteiger partial charge in [0.1, 0.15) is 6.61 Å². The van der Waals surface area contributed by atoms with E-state index in [1.165, 1.54) is 0 Å². The van der Waals surface area contributed by atoms with Gasteiger partial charge in [0.15, 0.2) is 0 Å². The molecule has 0 unspecified atom stereocenters. The van der Waals surface area contributed by atoms with Gasteiger partial charge in [-0.1, -0.05) is 37.3 Å². The molecule has 0 N–H and O–H groups in total. The van der Waals surface area contributed by atoms with E-state index in [9.17, 15) is 4.79 Å². The standard InChI is InChI=1S/C14H19NO2/c1-2-13-9-6-10-15(13)14(16)17-11-12-7-4-3-5-8-12/h3-5,7-8,13H,2,6,9-11H2,1H3/t13-/m1/s1. The van der Waals surface area contributed by atoms with E-state index in [4.69, 9.17) is 4.74 Å². The van der Waals surface area contributed by atoms with Crippen molar-refractivity contribution in [1.82, 2.24) is 4.90 Å². The van der Waals surface area contributed by atoms with E-state index in [0.717, 1.165) is 31.4 Å². The lowest BCUT2D eigenvalue weighted by Gasteiger charge is -2.22. The van der Waals surface area contributed by atoms with E-state index in [1.807, 2.05) is 35.2 Å². The summed E-state index contributed by atoms with van der Waals surface area (Å²) in [6.07, 6.45) is 3.05. The van der Waals surface area contributed by atoms with Crippen LogP contribution in [0.5, 0.6) is 0 Å². The zero-order valence-electron chi connectivity index (χ0n) is 10.3. The molecule has 1 saturated heterocycles. The predicted octanol–water partition coefficient (Wildman–Crippen LogP) is 3.20. The summed E-state index contributed by atoms with van der Waals surface area (Å²) in [5, 5.41) is 0. The monoisotopic (exact) mass is 233 g/mol. The van der Waals surface area contributed by atoms with Gasteiger partial charge in [0.05, 0.1) is 0 Å². The molecule has 1 aromatic carbocycles. The van der Waals surface area contributed by atoms with Crippen LogP contribution < -0.4 is 0 Å². The molecule has 17 heavy (non-hydrogen) atoms. The molecule has 1 aromatic rings. The number of nitrogens with zero attached hydrogens (tertiary/aromatic N) is 1. The minimum Gasteiger partial charge on any atom is -0.445 e. The Morgan fingerprint density at radius 1 is 1.41 bits per heavy atom. The fraction of sp³-hybridized carbons (Fsp3) is 0.500. The van der Waals surface area contributed by atoms with Gasteiger partial charge in [0.25, 0.3) is 0 Å². The van der Waals surface area contributed by atoms with Crippen LogP contribution in [0.4, 0.5) is 4.79 Å². The fourth-order valence-corrected chi connectivity index (χ4v) is 2.30. The minimum atomic E-state index is -0.168. The molecule has 2 rings (SSSR count). The molecular formula is C14H19NO2. The Hall–Kier alpha value is -1.51. The van der Waals surface area contributed by atoms with Crippen molar-refractivity contribution in [2.45, 2.75) is 38.8 Å². The molecule has 1 aliphatic heterocycles. The van der Waals surface area contributed by atoms with Crippen molar-refractivity contribution in [3.63, 3.8) is 0 Å². The first-order valence-electron chi connectivity index (χ1n) is 6.28. The maximum atomic E-state index is 11.9. The van der Waals surface area contributed by atoms with Gasteiger partial charge >= 0.3 is 6.09 Å². The maximum absolute atomic E-state index is 11.9. The van der Waals surface area contributed by atoms with E-state index >= 15 is 0 Å². The Morgan fingerprint density at radius 2 is 2.18 bits per heavy atom. The first-order chi connectivity index (χ1) is 8.31. The number of ether oxygens (including phenoxy) is 1. The molecule has 92 valence electrons.